The summed E-state index contributed by atoms with van der Waals surface area (Å²) < 4.78 is 33.0. The van der Waals surface area contributed by atoms with Crippen molar-refractivity contribution >= 4 is 5.91 Å². The fourth-order valence-electron chi connectivity index (χ4n) is 5.81. The lowest BCUT2D eigenvalue weighted by atomic mass is 10.0. The molecule has 0 radical (unpaired) electrons. The summed E-state index contributed by atoms with van der Waals surface area (Å²) in [7, 11) is 9.54. The number of carbonyl (C=O) groups is 1. The van der Waals surface area contributed by atoms with Gasteiger partial charge in [0, 0.05) is 43.0 Å². The first-order valence-electron chi connectivity index (χ1n) is 15.1. The molecule has 10 heteroatoms. The molecule has 242 valence electrons. The number of piperidine rings is 1. The Bertz CT molecular complexity index is 1620. The second-order valence-corrected chi connectivity index (χ2v) is 11.0. The van der Waals surface area contributed by atoms with E-state index in [1.165, 1.54) is 0 Å². The number of methoxy groups -OCH3 is 6. The number of aromatic nitrogens is 1. The molecule has 0 saturated carbocycles. The predicted molar refractivity (Wildman–Crippen MR) is 177 cm³/mol. The Hall–Kier alpha value is -4.96. The lowest BCUT2D eigenvalue weighted by Crippen LogP contribution is -2.44. The van der Waals surface area contributed by atoms with Crippen LogP contribution in [0.5, 0.6) is 34.5 Å². The van der Waals surface area contributed by atoms with Crippen LogP contribution in [0.15, 0.2) is 66.9 Å². The van der Waals surface area contributed by atoms with E-state index in [1.807, 2.05) is 60.8 Å². The Morgan fingerprint density at radius 2 is 1.28 bits per heavy atom. The van der Waals surface area contributed by atoms with Gasteiger partial charge in [0.15, 0.2) is 23.0 Å². The number of likely N-dealkylation sites (tertiary alicyclic amines) is 1. The maximum atomic E-state index is 13.3. The molecule has 1 saturated heterocycles. The van der Waals surface area contributed by atoms with Crippen LogP contribution < -0.4 is 33.7 Å². The molecule has 0 aliphatic carbocycles. The van der Waals surface area contributed by atoms with Crippen molar-refractivity contribution in [3.8, 4) is 56.9 Å². The fraction of sp³-hybridized carbons (Fsp3) is 0.333. The van der Waals surface area contributed by atoms with E-state index in [1.54, 1.807) is 42.7 Å². The van der Waals surface area contributed by atoms with Crippen LogP contribution in [0.1, 0.15) is 28.8 Å². The van der Waals surface area contributed by atoms with Crippen LogP contribution in [0, 0.1) is 0 Å². The third-order valence-electron chi connectivity index (χ3n) is 8.24. The van der Waals surface area contributed by atoms with Gasteiger partial charge in [-0.25, -0.2) is 0 Å². The fourth-order valence-corrected chi connectivity index (χ4v) is 5.81. The van der Waals surface area contributed by atoms with E-state index in [2.05, 4.69) is 21.3 Å². The average molecular weight is 628 g/mol. The molecule has 0 bridgehead atoms. The second-order valence-electron chi connectivity index (χ2n) is 11.0. The van der Waals surface area contributed by atoms with E-state index < -0.39 is 0 Å². The Morgan fingerprint density at radius 1 is 0.717 bits per heavy atom. The normalized spacial score (nSPS) is 13.5. The molecule has 1 aliphatic rings. The zero-order valence-corrected chi connectivity index (χ0v) is 27.2. The molecule has 0 atom stereocenters. The number of hydrogen-bond donors (Lipinski definition) is 1. The molecule has 2 heterocycles. The van der Waals surface area contributed by atoms with Gasteiger partial charge in [-0.05, 0) is 78.1 Å². The van der Waals surface area contributed by atoms with E-state index in [0.29, 0.717) is 40.1 Å². The Balaban J connectivity index is 1.21. The number of pyridine rings is 1. The minimum atomic E-state index is -0.0862. The monoisotopic (exact) mass is 627 g/mol. The second kappa shape index (κ2) is 14.9. The third-order valence-corrected chi connectivity index (χ3v) is 8.24. The van der Waals surface area contributed by atoms with Crippen molar-refractivity contribution in [1.29, 1.82) is 0 Å². The number of ether oxygens (including phenoxy) is 6. The third kappa shape index (κ3) is 7.13. The summed E-state index contributed by atoms with van der Waals surface area (Å²) in [5, 5.41) is 3.24. The van der Waals surface area contributed by atoms with Crippen LogP contribution in [-0.2, 0) is 6.54 Å². The Morgan fingerprint density at radius 3 is 1.83 bits per heavy atom. The van der Waals surface area contributed by atoms with Gasteiger partial charge in [-0.2, -0.15) is 0 Å². The van der Waals surface area contributed by atoms with Crippen LogP contribution in [0.3, 0.4) is 0 Å². The van der Waals surface area contributed by atoms with E-state index in [4.69, 9.17) is 28.4 Å². The number of hydrogen-bond acceptors (Lipinski definition) is 9. The highest BCUT2D eigenvalue weighted by atomic mass is 16.5. The highest BCUT2D eigenvalue weighted by molar-refractivity contribution is 5.95. The molecule has 4 aromatic rings. The lowest BCUT2D eigenvalue weighted by Gasteiger charge is -2.32. The molecule has 1 fully saturated rings. The van der Waals surface area contributed by atoms with Gasteiger partial charge in [0.25, 0.3) is 5.91 Å². The smallest absolute Gasteiger partial charge is 0.251 e. The van der Waals surface area contributed by atoms with Gasteiger partial charge in [0.05, 0.1) is 48.4 Å². The molecular weight excluding hydrogens is 586 g/mol. The van der Waals surface area contributed by atoms with Crippen molar-refractivity contribution in [3.05, 3.63) is 78.0 Å². The maximum absolute atomic E-state index is 13.3. The summed E-state index contributed by atoms with van der Waals surface area (Å²) in [5.74, 6) is 3.27. The van der Waals surface area contributed by atoms with Crippen molar-refractivity contribution in [2.75, 3.05) is 55.7 Å². The minimum absolute atomic E-state index is 0.0862. The molecule has 1 aliphatic heterocycles. The van der Waals surface area contributed by atoms with Crippen molar-refractivity contribution in [2.45, 2.75) is 25.4 Å². The van der Waals surface area contributed by atoms with Crippen LogP contribution in [-0.4, -0.2) is 77.6 Å². The molecule has 1 aromatic heterocycles. The summed E-state index contributed by atoms with van der Waals surface area (Å²) >= 11 is 0. The number of nitrogens with zero attached hydrogens (tertiary/aromatic N) is 2. The summed E-state index contributed by atoms with van der Waals surface area (Å²) in [5.41, 5.74) is 5.21. The molecule has 5 rings (SSSR count). The van der Waals surface area contributed by atoms with Crippen molar-refractivity contribution in [3.63, 3.8) is 0 Å². The van der Waals surface area contributed by atoms with E-state index in [0.717, 1.165) is 60.4 Å². The highest BCUT2D eigenvalue weighted by Crippen LogP contribution is 2.42. The summed E-state index contributed by atoms with van der Waals surface area (Å²) in [6, 6.07) is 19.4. The largest absolute Gasteiger partial charge is 0.493 e. The first-order chi connectivity index (χ1) is 22.4. The number of rotatable bonds is 12. The SMILES string of the molecule is COc1cc(-c2cccc(C(=O)NC3CCN(Cc4ccnc(-c5cc(OC)c(OC)c(OC)c5)c4)CC3)c2)cc(OC)c1OC. The zero-order chi connectivity index (χ0) is 32.6. The minimum Gasteiger partial charge on any atom is -0.493 e. The summed E-state index contributed by atoms with van der Waals surface area (Å²) in [4.78, 5) is 20.3. The first kappa shape index (κ1) is 32.4. The van der Waals surface area contributed by atoms with Crippen molar-refractivity contribution in [1.82, 2.24) is 15.2 Å². The van der Waals surface area contributed by atoms with Crippen LogP contribution in [0.4, 0.5) is 0 Å². The molecule has 3 aromatic carbocycles. The molecule has 1 amide bonds. The van der Waals surface area contributed by atoms with Gasteiger partial charge in [0.2, 0.25) is 11.5 Å². The lowest BCUT2D eigenvalue weighted by molar-refractivity contribution is 0.0909. The quantitative estimate of drug-likeness (QED) is 0.207. The Labute approximate surface area is 270 Å². The molecule has 0 unspecified atom stereocenters. The summed E-state index contributed by atoms with van der Waals surface area (Å²) in [6.45, 7) is 2.54. The number of amides is 1. The van der Waals surface area contributed by atoms with Crippen LogP contribution in [0.2, 0.25) is 0 Å². The predicted octanol–water partition coefficient (Wildman–Crippen LogP) is 5.86. The summed E-state index contributed by atoms with van der Waals surface area (Å²) in [6.07, 6.45) is 3.55. The van der Waals surface area contributed by atoms with Gasteiger partial charge in [-0.15, -0.1) is 0 Å². The van der Waals surface area contributed by atoms with E-state index in [-0.39, 0.29) is 11.9 Å². The molecule has 10 nitrogen and oxygen atoms in total. The van der Waals surface area contributed by atoms with Crippen molar-refractivity contribution in [2.24, 2.45) is 0 Å². The molecule has 0 spiro atoms. The number of nitrogens with one attached hydrogen (secondary N) is 1. The van der Waals surface area contributed by atoms with Gasteiger partial charge >= 0.3 is 0 Å². The van der Waals surface area contributed by atoms with E-state index in [9.17, 15) is 4.79 Å². The first-order valence-corrected chi connectivity index (χ1v) is 15.1. The average Bonchev–Trinajstić information content (AvgIpc) is 3.11. The van der Waals surface area contributed by atoms with Gasteiger partial charge < -0.3 is 33.7 Å². The van der Waals surface area contributed by atoms with Crippen LogP contribution >= 0.6 is 0 Å². The molecular formula is C36H41N3O7. The zero-order valence-electron chi connectivity index (χ0n) is 27.2. The highest BCUT2D eigenvalue weighted by Gasteiger charge is 2.22. The molecule has 1 N–H and O–H groups in total. The van der Waals surface area contributed by atoms with Gasteiger partial charge in [0.1, 0.15) is 0 Å². The van der Waals surface area contributed by atoms with Crippen LogP contribution in [0.25, 0.3) is 22.4 Å². The molecule has 46 heavy (non-hydrogen) atoms. The number of carbonyl (C=O) groups excluding carboxylic acids is 1. The number of benzene rings is 3. The van der Waals surface area contributed by atoms with E-state index >= 15 is 0 Å². The maximum Gasteiger partial charge on any atom is 0.251 e. The van der Waals surface area contributed by atoms with Crippen molar-refractivity contribution < 1.29 is 33.2 Å². The Kier molecular flexibility index (Phi) is 10.5. The topological polar surface area (TPSA) is 101 Å². The van der Waals surface area contributed by atoms with Gasteiger partial charge in [-0.1, -0.05) is 12.1 Å². The van der Waals surface area contributed by atoms with Gasteiger partial charge in [-0.3, -0.25) is 14.7 Å². The standard InChI is InChI=1S/C36H41N3O7/c1-41-30-18-26(19-31(42-2)34(30)45-5)24-8-7-9-25(17-24)36(40)38-28-11-14-39(15-12-28)22-23-10-13-37-29(16-23)27-20-32(43-3)35(46-6)33(21-27)44-4/h7-10,13,16-21,28H,11-12,14-15,22H2,1-6H3,(H,38,40).